The van der Waals surface area contributed by atoms with Crippen LogP contribution < -0.4 is 20.1 Å². The van der Waals surface area contributed by atoms with Gasteiger partial charge in [0, 0.05) is 30.1 Å². The molecule has 1 fully saturated rings. The van der Waals surface area contributed by atoms with E-state index in [1.807, 2.05) is 95.3 Å². The Morgan fingerprint density at radius 1 is 0.796 bits per heavy atom. The lowest BCUT2D eigenvalue weighted by Gasteiger charge is -2.44. The molecule has 0 radical (unpaired) electrons. The van der Waals surface area contributed by atoms with Crippen LogP contribution in [0.15, 0.2) is 84.9 Å². The number of aryl methyl sites for hydroxylation is 4. The highest BCUT2D eigenvalue weighted by atomic mass is 16.5. The number of nitrogens with one attached hydrogen (secondary N) is 2. The van der Waals surface area contributed by atoms with Gasteiger partial charge in [-0.1, -0.05) is 71.8 Å². The van der Waals surface area contributed by atoms with Crippen molar-refractivity contribution in [1.82, 2.24) is 0 Å². The number of aliphatic hydroxyl groups is 1. The number of anilines is 2. The summed E-state index contributed by atoms with van der Waals surface area (Å²) >= 11 is 0. The highest BCUT2D eigenvalue weighted by Gasteiger charge is 2.56. The molecule has 0 bridgehead atoms. The molecule has 1 aliphatic rings. The van der Waals surface area contributed by atoms with Crippen molar-refractivity contribution < 1.29 is 29.0 Å². The average molecular weight is 663 g/mol. The molecular weight excluding hydrogens is 616 g/mol. The summed E-state index contributed by atoms with van der Waals surface area (Å²) in [6.45, 7) is 11.8. The minimum absolute atomic E-state index is 0.340. The van der Waals surface area contributed by atoms with Crippen molar-refractivity contribution in [3.05, 3.63) is 118 Å². The second-order valence-electron chi connectivity index (χ2n) is 13.3. The fourth-order valence-corrected chi connectivity index (χ4v) is 6.86. The van der Waals surface area contributed by atoms with Crippen LogP contribution in [0.25, 0.3) is 0 Å². The molecule has 1 saturated carbocycles. The fourth-order valence-electron chi connectivity index (χ4n) is 6.86. The van der Waals surface area contributed by atoms with Crippen LogP contribution in [0.4, 0.5) is 11.4 Å². The molecule has 0 heterocycles. The van der Waals surface area contributed by atoms with Gasteiger partial charge in [0.1, 0.15) is 11.7 Å². The zero-order valence-corrected chi connectivity index (χ0v) is 29.1. The maximum absolute atomic E-state index is 14.3. The minimum Gasteiger partial charge on any atom is -0.490 e. The predicted octanol–water partition coefficient (Wildman–Crippen LogP) is 7.26. The van der Waals surface area contributed by atoms with E-state index in [0.29, 0.717) is 48.1 Å². The van der Waals surface area contributed by atoms with Crippen LogP contribution in [0.3, 0.4) is 0 Å². The first-order valence-electron chi connectivity index (χ1n) is 16.8. The van der Waals surface area contributed by atoms with Crippen LogP contribution in [0.5, 0.6) is 11.5 Å². The van der Waals surface area contributed by atoms with Crippen molar-refractivity contribution in [2.24, 2.45) is 11.8 Å². The average Bonchev–Trinajstić information content (AvgIpc) is 3.04. The number of hydrogen-bond donors (Lipinski definition) is 3. The third-order valence-electron chi connectivity index (χ3n) is 9.26. The lowest BCUT2D eigenvalue weighted by molar-refractivity contribution is -0.150. The SMILES string of the molecule is CCOc1cc(C2C(C(=O)Nc3ccc(C)cc3C)C(=O)CC(C)(O)C2C(=O)Nc2ccc(C)cc2C)ccc1OCCc1ccccc1. The molecule has 5 rings (SSSR count). The molecule has 0 aromatic heterocycles. The number of Topliss-reactive ketones (excluding diaryl/α,β-unsaturated/α-hetero) is 1. The van der Waals surface area contributed by atoms with Crippen LogP contribution in [-0.4, -0.2) is 41.5 Å². The normalized spacial score (nSPS) is 20.4. The summed E-state index contributed by atoms with van der Waals surface area (Å²) in [5, 5.41) is 17.8. The summed E-state index contributed by atoms with van der Waals surface area (Å²) in [6, 6.07) is 26.6. The monoisotopic (exact) mass is 662 g/mol. The molecule has 1 aliphatic carbocycles. The van der Waals surface area contributed by atoms with Crippen molar-refractivity contribution in [1.29, 1.82) is 0 Å². The van der Waals surface area contributed by atoms with E-state index in [1.54, 1.807) is 24.3 Å². The largest absolute Gasteiger partial charge is 0.490 e. The number of ether oxygens (including phenoxy) is 2. The van der Waals surface area contributed by atoms with Crippen LogP contribution in [0.2, 0.25) is 0 Å². The van der Waals surface area contributed by atoms with Gasteiger partial charge in [-0.2, -0.15) is 0 Å². The number of rotatable bonds is 11. The van der Waals surface area contributed by atoms with E-state index in [4.69, 9.17) is 9.47 Å². The number of carbonyl (C=O) groups excluding carboxylic acids is 3. The Labute approximate surface area is 288 Å². The first kappa shape index (κ1) is 35.4. The first-order valence-corrected chi connectivity index (χ1v) is 16.8. The number of benzene rings is 4. The molecule has 4 atom stereocenters. The Balaban J connectivity index is 1.56. The first-order chi connectivity index (χ1) is 23.4. The van der Waals surface area contributed by atoms with E-state index in [2.05, 4.69) is 10.6 Å². The van der Waals surface area contributed by atoms with Crippen LogP contribution in [-0.2, 0) is 20.8 Å². The van der Waals surface area contributed by atoms with Gasteiger partial charge >= 0.3 is 0 Å². The quantitative estimate of drug-likeness (QED) is 0.146. The van der Waals surface area contributed by atoms with Crippen LogP contribution in [0.1, 0.15) is 59.6 Å². The van der Waals surface area contributed by atoms with Gasteiger partial charge in [-0.25, -0.2) is 0 Å². The van der Waals surface area contributed by atoms with Gasteiger partial charge in [0.25, 0.3) is 0 Å². The van der Waals surface area contributed by atoms with Gasteiger partial charge in [-0.3, -0.25) is 14.4 Å². The van der Waals surface area contributed by atoms with Gasteiger partial charge in [0.05, 0.1) is 24.7 Å². The molecule has 49 heavy (non-hydrogen) atoms. The van der Waals surface area contributed by atoms with E-state index < -0.39 is 41.0 Å². The number of amides is 2. The van der Waals surface area contributed by atoms with Crippen LogP contribution in [0, 0.1) is 39.5 Å². The molecule has 4 unspecified atom stereocenters. The molecule has 256 valence electrons. The highest BCUT2D eigenvalue weighted by Crippen LogP contribution is 2.48. The van der Waals surface area contributed by atoms with Crippen molar-refractivity contribution in [3.63, 3.8) is 0 Å². The van der Waals surface area contributed by atoms with Crippen molar-refractivity contribution >= 4 is 29.0 Å². The summed E-state index contributed by atoms with van der Waals surface area (Å²) in [5.41, 5.74) is 4.85. The molecule has 0 saturated heterocycles. The Bertz CT molecular complexity index is 1830. The zero-order valence-electron chi connectivity index (χ0n) is 29.1. The fraction of sp³-hybridized carbons (Fsp3) is 0.341. The lowest BCUT2D eigenvalue weighted by atomic mass is 9.61. The van der Waals surface area contributed by atoms with E-state index in [0.717, 1.165) is 27.8 Å². The third kappa shape index (κ3) is 8.20. The smallest absolute Gasteiger partial charge is 0.235 e. The summed E-state index contributed by atoms with van der Waals surface area (Å²) in [7, 11) is 0. The van der Waals surface area contributed by atoms with Gasteiger partial charge < -0.3 is 25.2 Å². The Morgan fingerprint density at radius 3 is 2.00 bits per heavy atom. The van der Waals surface area contributed by atoms with Crippen molar-refractivity contribution in [2.75, 3.05) is 23.8 Å². The Hall–Kier alpha value is -4.95. The molecule has 0 aliphatic heterocycles. The number of ketones is 1. The molecule has 3 N–H and O–H groups in total. The molecule has 2 amide bonds. The van der Waals surface area contributed by atoms with Gasteiger partial charge in [-0.05, 0) is 88.1 Å². The molecule has 4 aromatic carbocycles. The number of carbonyl (C=O) groups is 3. The second kappa shape index (κ2) is 15.1. The minimum atomic E-state index is -1.75. The zero-order chi connectivity index (χ0) is 35.3. The van der Waals surface area contributed by atoms with E-state index in [9.17, 15) is 19.5 Å². The summed E-state index contributed by atoms with van der Waals surface area (Å²) in [6.07, 6.45) is 0.327. The third-order valence-corrected chi connectivity index (χ3v) is 9.26. The standard InChI is InChI=1S/C41H46N2O6/c1-7-48-35-23-30(15-18-34(35)49-20-19-29-11-9-8-10-12-29)36-37(39(45)42-31-16-13-25(2)21-27(31)4)33(44)24-41(6,47)38(36)40(46)43-32-17-14-26(3)22-28(32)5/h8-18,21-23,36-38,47H,7,19-20,24H2,1-6H3,(H,42,45)(H,43,46). The molecule has 0 spiro atoms. The van der Waals surface area contributed by atoms with Crippen molar-refractivity contribution in [2.45, 2.75) is 65.9 Å². The summed E-state index contributed by atoms with van der Waals surface area (Å²) in [5.74, 6) is -4.01. The van der Waals surface area contributed by atoms with E-state index in [-0.39, 0.29) is 6.42 Å². The van der Waals surface area contributed by atoms with Gasteiger partial charge in [0.15, 0.2) is 11.5 Å². The molecule has 8 nitrogen and oxygen atoms in total. The molecule has 4 aromatic rings. The van der Waals surface area contributed by atoms with Crippen molar-refractivity contribution in [3.8, 4) is 11.5 Å². The maximum Gasteiger partial charge on any atom is 0.235 e. The molecule has 8 heteroatoms. The van der Waals surface area contributed by atoms with Crippen LogP contribution >= 0.6 is 0 Å². The maximum atomic E-state index is 14.3. The summed E-state index contributed by atoms with van der Waals surface area (Å²) in [4.78, 5) is 42.4. The molecular formula is C41H46N2O6. The Kier molecular flexibility index (Phi) is 10.9. The summed E-state index contributed by atoms with van der Waals surface area (Å²) < 4.78 is 12.2. The van der Waals surface area contributed by atoms with E-state index in [1.165, 1.54) is 6.92 Å². The lowest BCUT2D eigenvalue weighted by Crippen LogP contribution is -2.56. The predicted molar refractivity (Wildman–Crippen MR) is 192 cm³/mol. The Morgan fingerprint density at radius 2 is 1.41 bits per heavy atom. The number of hydrogen-bond acceptors (Lipinski definition) is 6. The second-order valence-corrected chi connectivity index (χ2v) is 13.3. The highest BCUT2D eigenvalue weighted by molar-refractivity contribution is 6.10. The van der Waals surface area contributed by atoms with Gasteiger partial charge in [-0.15, -0.1) is 0 Å². The van der Waals surface area contributed by atoms with Gasteiger partial charge in [0.2, 0.25) is 11.8 Å². The van der Waals surface area contributed by atoms with E-state index >= 15 is 0 Å². The topological polar surface area (TPSA) is 114 Å².